The Bertz CT molecular complexity index is 1530. The largest absolute Gasteiger partial charge is 0.492 e. The van der Waals surface area contributed by atoms with Crippen molar-refractivity contribution in [1.82, 2.24) is 10.3 Å². The number of hydrogen-bond donors (Lipinski definition) is 5. The molecule has 0 aliphatic heterocycles. The van der Waals surface area contributed by atoms with Crippen molar-refractivity contribution in [2.45, 2.75) is 23.8 Å². The molecular weight excluding hydrogens is 506 g/mol. The number of aliphatic hydroxyl groups is 1. The monoisotopic (exact) mass is 537 g/mol. The molecule has 10 heteroatoms. The molecule has 38 heavy (non-hydrogen) atoms. The van der Waals surface area contributed by atoms with E-state index in [1.165, 1.54) is 6.07 Å². The first kappa shape index (κ1) is 27.2. The number of benzene rings is 3. The third kappa shape index (κ3) is 6.34. The number of sulfone groups is 1. The van der Waals surface area contributed by atoms with Crippen LogP contribution in [-0.4, -0.2) is 55.5 Å². The second-order valence-electron chi connectivity index (χ2n) is 9.05. The molecular formula is C28H31N3O6S. The summed E-state index contributed by atoms with van der Waals surface area (Å²) < 4.78 is 29.6. The lowest BCUT2D eigenvalue weighted by Crippen LogP contribution is -2.26. The quantitative estimate of drug-likeness (QED) is 0.136. The van der Waals surface area contributed by atoms with Crippen LogP contribution in [0.25, 0.3) is 22.0 Å². The van der Waals surface area contributed by atoms with E-state index in [9.17, 15) is 18.3 Å². The number of carboxylic acid groups (broad SMARTS) is 1. The Kier molecular flexibility index (Phi) is 8.35. The molecule has 1 aromatic heterocycles. The van der Waals surface area contributed by atoms with E-state index in [1.54, 1.807) is 12.1 Å². The maximum atomic E-state index is 11.9. The third-order valence-corrected chi connectivity index (χ3v) is 7.40. The lowest BCUT2D eigenvalue weighted by atomic mass is 10.00. The summed E-state index contributed by atoms with van der Waals surface area (Å²) in [6.45, 7) is 0.934. The van der Waals surface area contributed by atoms with Gasteiger partial charge in [0.1, 0.15) is 12.4 Å². The predicted molar refractivity (Wildman–Crippen MR) is 147 cm³/mol. The molecule has 0 bridgehead atoms. The molecule has 0 saturated carbocycles. The number of nitrogen functional groups attached to an aromatic ring is 1. The first-order valence-electron chi connectivity index (χ1n) is 12.2. The van der Waals surface area contributed by atoms with E-state index < -0.39 is 21.9 Å². The van der Waals surface area contributed by atoms with Gasteiger partial charge in [0.25, 0.3) is 0 Å². The number of ether oxygens (including phenoxy) is 1. The van der Waals surface area contributed by atoms with Crippen LogP contribution in [0.3, 0.4) is 0 Å². The number of anilines is 1. The summed E-state index contributed by atoms with van der Waals surface area (Å²) in [7, 11) is -3.49. The van der Waals surface area contributed by atoms with E-state index in [-0.39, 0.29) is 23.5 Å². The van der Waals surface area contributed by atoms with E-state index in [4.69, 9.17) is 15.6 Å². The van der Waals surface area contributed by atoms with Gasteiger partial charge in [-0.2, -0.15) is 0 Å². The van der Waals surface area contributed by atoms with E-state index in [2.05, 4.69) is 10.3 Å². The Morgan fingerprint density at radius 3 is 2.58 bits per heavy atom. The van der Waals surface area contributed by atoms with Crippen molar-refractivity contribution in [2.75, 3.05) is 31.7 Å². The zero-order valence-corrected chi connectivity index (χ0v) is 21.8. The number of carbonyl (C=O) groups is 1. The summed E-state index contributed by atoms with van der Waals surface area (Å²) in [6.07, 6.45) is 0.507. The van der Waals surface area contributed by atoms with Crippen LogP contribution < -0.4 is 15.8 Å². The molecule has 0 spiro atoms. The number of fused-ring (bicyclic) bond motifs is 1. The lowest BCUT2D eigenvalue weighted by Gasteiger charge is -2.16. The average Bonchev–Trinajstić information content (AvgIpc) is 3.24. The Morgan fingerprint density at radius 2 is 1.87 bits per heavy atom. The standard InChI is InChI=1S/C28H31N3O6S/c1-38(35,36)25-9-5-8-21(28(25)29)24(32)17-30-14-15-37-19-10-11-20-23(16-19)31-22(12-13-26(33)34)27(20)18-6-3-2-4-7-18/h2-11,16,24,30-32H,12-15,17,29H2,1H3,(H,33,34)/t24-/m0/s1. The number of rotatable bonds is 12. The van der Waals surface area contributed by atoms with Crippen molar-refractivity contribution in [3.63, 3.8) is 0 Å². The fourth-order valence-electron chi connectivity index (χ4n) is 4.44. The minimum absolute atomic E-state index is 0.00127. The number of carboxylic acids is 1. The van der Waals surface area contributed by atoms with Gasteiger partial charge in [0, 0.05) is 53.1 Å². The highest BCUT2D eigenvalue weighted by molar-refractivity contribution is 7.90. The highest BCUT2D eigenvalue weighted by Gasteiger charge is 2.18. The SMILES string of the molecule is CS(=O)(=O)c1cccc([C@@H](O)CNCCOc2ccc3c(-c4ccccc4)c(CCC(=O)O)[nH]c3c2)c1N. The summed E-state index contributed by atoms with van der Waals surface area (Å²) in [6, 6.07) is 20.1. The molecule has 4 aromatic rings. The predicted octanol–water partition coefficient (Wildman–Crippen LogP) is 3.54. The van der Waals surface area contributed by atoms with Crippen molar-refractivity contribution in [2.24, 2.45) is 0 Å². The molecule has 0 aliphatic rings. The molecule has 0 unspecified atom stereocenters. The molecule has 1 atom stereocenters. The third-order valence-electron chi connectivity index (χ3n) is 6.24. The Labute approximate surface area is 221 Å². The van der Waals surface area contributed by atoms with Crippen LogP contribution in [0.2, 0.25) is 0 Å². The normalized spacial score (nSPS) is 12.5. The van der Waals surface area contributed by atoms with Crippen molar-refractivity contribution in [3.05, 3.63) is 78.0 Å². The van der Waals surface area contributed by atoms with Crippen LogP contribution in [0.1, 0.15) is 23.8 Å². The smallest absolute Gasteiger partial charge is 0.303 e. The molecule has 3 aromatic carbocycles. The van der Waals surface area contributed by atoms with E-state index in [0.29, 0.717) is 30.9 Å². The van der Waals surface area contributed by atoms with Gasteiger partial charge in [-0.15, -0.1) is 0 Å². The van der Waals surface area contributed by atoms with Gasteiger partial charge in [-0.1, -0.05) is 42.5 Å². The summed E-state index contributed by atoms with van der Waals surface area (Å²) in [5, 5.41) is 23.8. The van der Waals surface area contributed by atoms with Gasteiger partial charge >= 0.3 is 5.97 Å². The van der Waals surface area contributed by atoms with Crippen LogP contribution in [0, 0.1) is 0 Å². The topological polar surface area (TPSA) is 155 Å². The molecule has 6 N–H and O–H groups in total. The summed E-state index contributed by atoms with van der Waals surface area (Å²) in [4.78, 5) is 14.5. The van der Waals surface area contributed by atoms with Gasteiger partial charge in [0.15, 0.2) is 9.84 Å². The zero-order chi connectivity index (χ0) is 27.3. The maximum absolute atomic E-state index is 11.9. The zero-order valence-electron chi connectivity index (χ0n) is 21.0. The second-order valence-corrected chi connectivity index (χ2v) is 11.0. The van der Waals surface area contributed by atoms with E-state index >= 15 is 0 Å². The van der Waals surface area contributed by atoms with Crippen molar-refractivity contribution in [3.8, 4) is 16.9 Å². The fourth-order valence-corrected chi connectivity index (χ4v) is 5.28. The highest BCUT2D eigenvalue weighted by Crippen LogP contribution is 2.35. The molecule has 1 heterocycles. The first-order valence-corrected chi connectivity index (χ1v) is 14.1. The van der Waals surface area contributed by atoms with Crippen LogP contribution in [0.4, 0.5) is 5.69 Å². The Hall–Kier alpha value is -3.86. The van der Waals surface area contributed by atoms with Crippen LogP contribution in [-0.2, 0) is 21.1 Å². The van der Waals surface area contributed by atoms with Gasteiger partial charge in [0.2, 0.25) is 0 Å². The summed E-state index contributed by atoms with van der Waals surface area (Å²) in [5.74, 6) is -0.203. The molecule has 0 amide bonds. The number of aliphatic carboxylic acids is 1. The summed E-state index contributed by atoms with van der Waals surface area (Å²) in [5.41, 5.74) is 10.1. The second kappa shape index (κ2) is 11.7. The average molecular weight is 538 g/mol. The number of nitrogens with one attached hydrogen (secondary N) is 2. The van der Waals surface area contributed by atoms with Crippen LogP contribution >= 0.6 is 0 Å². The molecule has 4 rings (SSSR count). The minimum atomic E-state index is -3.49. The van der Waals surface area contributed by atoms with Crippen LogP contribution in [0.15, 0.2) is 71.6 Å². The molecule has 0 fully saturated rings. The van der Waals surface area contributed by atoms with Crippen molar-refractivity contribution < 1.29 is 28.2 Å². The molecule has 0 saturated heterocycles. The molecule has 200 valence electrons. The van der Waals surface area contributed by atoms with Gasteiger partial charge in [-0.3, -0.25) is 4.79 Å². The highest BCUT2D eigenvalue weighted by atomic mass is 32.2. The number of hydrogen-bond acceptors (Lipinski definition) is 7. The number of nitrogens with two attached hydrogens (primary N) is 1. The Balaban J connectivity index is 1.39. The number of H-pyrrole nitrogens is 1. The van der Waals surface area contributed by atoms with E-state index in [0.717, 1.165) is 34.0 Å². The molecule has 0 radical (unpaired) electrons. The maximum Gasteiger partial charge on any atom is 0.303 e. The molecule has 9 nitrogen and oxygen atoms in total. The Morgan fingerprint density at radius 1 is 1.11 bits per heavy atom. The first-order chi connectivity index (χ1) is 18.1. The minimum Gasteiger partial charge on any atom is -0.492 e. The van der Waals surface area contributed by atoms with E-state index in [1.807, 2.05) is 48.5 Å². The number of aryl methyl sites for hydroxylation is 1. The lowest BCUT2D eigenvalue weighted by molar-refractivity contribution is -0.136. The number of aliphatic hydroxyl groups excluding tert-OH is 1. The van der Waals surface area contributed by atoms with Gasteiger partial charge in [-0.05, 0) is 30.2 Å². The van der Waals surface area contributed by atoms with Crippen molar-refractivity contribution >= 4 is 32.4 Å². The molecule has 0 aliphatic carbocycles. The van der Waals surface area contributed by atoms with Crippen LogP contribution in [0.5, 0.6) is 5.75 Å². The van der Waals surface area contributed by atoms with Gasteiger partial charge in [-0.25, -0.2) is 8.42 Å². The summed E-state index contributed by atoms with van der Waals surface area (Å²) >= 11 is 0. The number of para-hydroxylation sites is 1. The van der Waals surface area contributed by atoms with Gasteiger partial charge in [0.05, 0.1) is 23.1 Å². The van der Waals surface area contributed by atoms with Crippen molar-refractivity contribution in [1.29, 1.82) is 0 Å². The fraction of sp³-hybridized carbons (Fsp3) is 0.250. The number of aromatic amines is 1. The van der Waals surface area contributed by atoms with Gasteiger partial charge < -0.3 is 31.0 Å². The number of aromatic nitrogens is 1.